The molecule has 0 unspecified atom stereocenters. The van der Waals surface area contributed by atoms with E-state index in [9.17, 15) is 4.39 Å². The fraction of sp³-hybridized carbons (Fsp3) is 0.133. The van der Waals surface area contributed by atoms with E-state index < -0.39 is 0 Å². The quantitative estimate of drug-likeness (QED) is 0.739. The summed E-state index contributed by atoms with van der Waals surface area (Å²) >= 11 is 14.7. The molecule has 2 aromatic rings. The van der Waals surface area contributed by atoms with Crippen molar-refractivity contribution >= 4 is 50.5 Å². The van der Waals surface area contributed by atoms with Gasteiger partial charge in [-0.05, 0) is 54.5 Å². The van der Waals surface area contributed by atoms with Crippen molar-refractivity contribution < 1.29 is 4.39 Å². The summed E-state index contributed by atoms with van der Waals surface area (Å²) in [6.45, 7) is 0.658. The Labute approximate surface area is 141 Å². The molecule has 0 atom stereocenters. The second-order valence-electron chi connectivity index (χ2n) is 4.38. The van der Waals surface area contributed by atoms with Crippen LogP contribution >= 0.6 is 39.7 Å². The lowest BCUT2D eigenvalue weighted by molar-refractivity contribution is 0.627. The lowest BCUT2D eigenvalue weighted by atomic mass is 10.1. The van der Waals surface area contributed by atoms with Gasteiger partial charge in [0.1, 0.15) is 5.82 Å². The highest BCUT2D eigenvalue weighted by Gasteiger charge is 2.03. The molecule has 0 spiro atoms. The highest BCUT2D eigenvalue weighted by Crippen LogP contribution is 2.25. The van der Waals surface area contributed by atoms with Crippen molar-refractivity contribution in [2.45, 2.75) is 6.42 Å². The molecular weight excluding hydrogens is 375 g/mol. The molecule has 0 aliphatic heterocycles. The summed E-state index contributed by atoms with van der Waals surface area (Å²) in [7, 11) is 0. The Kier molecular flexibility index (Phi) is 5.96. The van der Waals surface area contributed by atoms with Crippen LogP contribution < -0.4 is 10.6 Å². The van der Waals surface area contributed by atoms with Crippen molar-refractivity contribution in [2.75, 3.05) is 11.9 Å². The van der Waals surface area contributed by atoms with E-state index in [1.54, 1.807) is 18.2 Å². The van der Waals surface area contributed by atoms with Crippen LogP contribution in [0.3, 0.4) is 0 Å². The maximum atomic E-state index is 12.8. The van der Waals surface area contributed by atoms with Gasteiger partial charge >= 0.3 is 0 Å². The maximum absolute atomic E-state index is 12.8. The molecule has 2 nitrogen and oxygen atoms in total. The predicted octanol–water partition coefficient (Wildman–Crippen LogP) is 4.77. The van der Waals surface area contributed by atoms with E-state index in [0.29, 0.717) is 16.7 Å². The first-order chi connectivity index (χ1) is 10.0. The summed E-state index contributed by atoms with van der Waals surface area (Å²) in [5.74, 6) is -0.228. The zero-order chi connectivity index (χ0) is 15.2. The molecule has 6 heteroatoms. The average Bonchev–Trinajstić information content (AvgIpc) is 2.44. The van der Waals surface area contributed by atoms with Crippen LogP contribution in [0, 0.1) is 5.82 Å². The zero-order valence-corrected chi connectivity index (χ0v) is 14.2. The van der Waals surface area contributed by atoms with Crippen LogP contribution in [0.1, 0.15) is 5.56 Å². The van der Waals surface area contributed by atoms with Gasteiger partial charge in [-0.3, -0.25) is 0 Å². The van der Waals surface area contributed by atoms with Crippen molar-refractivity contribution in [1.29, 1.82) is 0 Å². The number of thiocarbonyl (C=S) groups is 1. The first-order valence-electron chi connectivity index (χ1n) is 6.29. The molecule has 0 radical (unpaired) electrons. The molecule has 2 N–H and O–H groups in total. The summed E-state index contributed by atoms with van der Waals surface area (Å²) in [5, 5.41) is 7.22. The Hall–Kier alpha value is -1.17. The minimum absolute atomic E-state index is 0.228. The van der Waals surface area contributed by atoms with Crippen LogP contribution in [0.5, 0.6) is 0 Å². The largest absolute Gasteiger partial charge is 0.362 e. The van der Waals surface area contributed by atoms with E-state index in [-0.39, 0.29) is 5.82 Å². The Balaban J connectivity index is 1.81. The normalized spacial score (nSPS) is 10.2. The van der Waals surface area contributed by atoms with E-state index in [2.05, 4.69) is 26.6 Å². The summed E-state index contributed by atoms with van der Waals surface area (Å²) in [6.07, 6.45) is 0.760. The van der Waals surface area contributed by atoms with Gasteiger partial charge in [0.25, 0.3) is 0 Å². The van der Waals surface area contributed by atoms with E-state index >= 15 is 0 Å². The second-order valence-corrected chi connectivity index (χ2v) is 6.11. The Morgan fingerprint density at radius 3 is 2.57 bits per heavy atom. The third-order valence-electron chi connectivity index (χ3n) is 2.79. The second kappa shape index (κ2) is 7.73. The van der Waals surface area contributed by atoms with Crippen molar-refractivity contribution in [3.05, 3.63) is 63.3 Å². The summed E-state index contributed by atoms with van der Waals surface area (Å²) < 4.78 is 13.7. The third-order valence-corrected chi connectivity index (χ3v) is 3.84. The number of benzene rings is 2. The van der Waals surface area contributed by atoms with Crippen molar-refractivity contribution in [1.82, 2.24) is 5.32 Å². The van der Waals surface area contributed by atoms with E-state index in [0.717, 1.165) is 22.1 Å². The molecule has 0 aliphatic rings. The molecule has 0 amide bonds. The van der Waals surface area contributed by atoms with Gasteiger partial charge in [0.15, 0.2) is 5.11 Å². The van der Waals surface area contributed by atoms with Crippen molar-refractivity contribution in [2.24, 2.45) is 0 Å². The lowest BCUT2D eigenvalue weighted by Crippen LogP contribution is -2.30. The van der Waals surface area contributed by atoms with Gasteiger partial charge in [0.05, 0.1) is 10.7 Å². The molecule has 110 valence electrons. The SMILES string of the molecule is Fc1ccc(CCNC(=S)Nc2ccc(Br)cc2Cl)cc1. The molecule has 21 heavy (non-hydrogen) atoms. The Morgan fingerprint density at radius 2 is 1.90 bits per heavy atom. The number of hydrogen-bond acceptors (Lipinski definition) is 1. The first kappa shape index (κ1) is 16.2. The number of hydrogen-bond donors (Lipinski definition) is 2. The van der Waals surface area contributed by atoms with Gasteiger partial charge in [0, 0.05) is 11.0 Å². The number of halogens is 3. The molecule has 0 aliphatic carbocycles. The van der Waals surface area contributed by atoms with E-state index in [1.807, 2.05) is 12.1 Å². The molecule has 0 heterocycles. The monoisotopic (exact) mass is 386 g/mol. The van der Waals surface area contributed by atoms with Crippen molar-refractivity contribution in [3.8, 4) is 0 Å². The minimum atomic E-state index is -0.228. The molecule has 2 aromatic carbocycles. The Morgan fingerprint density at radius 1 is 1.19 bits per heavy atom. The first-order valence-corrected chi connectivity index (χ1v) is 7.87. The maximum Gasteiger partial charge on any atom is 0.170 e. The van der Waals surface area contributed by atoms with Crippen LogP contribution in [0.4, 0.5) is 10.1 Å². The van der Waals surface area contributed by atoms with Gasteiger partial charge in [-0.25, -0.2) is 4.39 Å². The summed E-state index contributed by atoms with van der Waals surface area (Å²) in [6, 6.07) is 12.0. The topological polar surface area (TPSA) is 24.1 Å². The molecule has 0 fully saturated rings. The van der Waals surface area contributed by atoms with Crippen LogP contribution in [-0.2, 0) is 6.42 Å². The van der Waals surface area contributed by atoms with Gasteiger partial charge in [-0.15, -0.1) is 0 Å². The third kappa shape index (κ3) is 5.26. The fourth-order valence-electron chi connectivity index (χ4n) is 1.73. The van der Waals surface area contributed by atoms with Crippen LogP contribution in [0.15, 0.2) is 46.9 Å². The number of rotatable bonds is 4. The van der Waals surface area contributed by atoms with Crippen molar-refractivity contribution in [3.63, 3.8) is 0 Å². The highest BCUT2D eigenvalue weighted by atomic mass is 79.9. The summed E-state index contributed by atoms with van der Waals surface area (Å²) in [5.41, 5.74) is 1.80. The summed E-state index contributed by atoms with van der Waals surface area (Å²) in [4.78, 5) is 0. The fourth-order valence-corrected chi connectivity index (χ4v) is 2.66. The molecule has 0 aromatic heterocycles. The Bertz CT molecular complexity index is 634. The standard InChI is InChI=1S/C15H13BrClFN2S/c16-11-3-6-14(13(17)9-11)20-15(21)19-8-7-10-1-4-12(18)5-2-10/h1-6,9H,7-8H2,(H2,19,20,21). The molecule has 0 bridgehead atoms. The minimum Gasteiger partial charge on any atom is -0.362 e. The van der Waals surface area contributed by atoms with E-state index in [4.69, 9.17) is 23.8 Å². The zero-order valence-electron chi connectivity index (χ0n) is 11.0. The number of anilines is 1. The van der Waals surface area contributed by atoms with Gasteiger partial charge < -0.3 is 10.6 Å². The van der Waals surface area contributed by atoms with Crippen LogP contribution in [0.25, 0.3) is 0 Å². The van der Waals surface area contributed by atoms with Crippen LogP contribution in [-0.4, -0.2) is 11.7 Å². The van der Waals surface area contributed by atoms with E-state index in [1.165, 1.54) is 12.1 Å². The van der Waals surface area contributed by atoms with Gasteiger partial charge in [-0.1, -0.05) is 39.7 Å². The lowest BCUT2D eigenvalue weighted by Gasteiger charge is -2.12. The van der Waals surface area contributed by atoms with Gasteiger partial charge in [0.2, 0.25) is 0 Å². The van der Waals surface area contributed by atoms with Crippen LogP contribution in [0.2, 0.25) is 5.02 Å². The number of nitrogens with one attached hydrogen (secondary N) is 2. The molecule has 0 saturated carbocycles. The molecule has 0 saturated heterocycles. The molecule has 2 rings (SSSR count). The predicted molar refractivity (Wildman–Crippen MR) is 93.5 cm³/mol. The molecular formula is C15H13BrClFN2S. The smallest absolute Gasteiger partial charge is 0.170 e. The highest BCUT2D eigenvalue weighted by molar-refractivity contribution is 9.10. The average molecular weight is 388 g/mol. The van der Waals surface area contributed by atoms with Gasteiger partial charge in [-0.2, -0.15) is 0 Å².